The van der Waals surface area contributed by atoms with Gasteiger partial charge in [-0.15, -0.1) is 12.4 Å². The van der Waals surface area contributed by atoms with Crippen molar-refractivity contribution < 1.29 is 18.0 Å². The Kier molecular flexibility index (Phi) is 8.37. The molecule has 1 aliphatic rings. The van der Waals surface area contributed by atoms with E-state index in [2.05, 4.69) is 10.6 Å². The lowest BCUT2D eigenvalue weighted by molar-refractivity contribution is -0.184. The second kappa shape index (κ2) is 9.58. The molecule has 0 radical (unpaired) electrons. The fourth-order valence-electron chi connectivity index (χ4n) is 3.06. The van der Waals surface area contributed by atoms with Crippen LogP contribution in [0.25, 0.3) is 0 Å². The van der Waals surface area contributed by atoms with Gasteiger partial charge >= 0.3 is 6.18 Å². The van der Waals surface area contributed by atoms with Crippen LogP contribution in [-0.2, 0) is 11.2 Å². The second-order valence-electron chi connectivity index (χ2n) is 7.10. The van der Waals surface area contributed by atoms with Crippen LogP contribution in [0.4, 0.5) is 13.2 Å². The van der Waals surface area contributed by atoms with Gasteiger partial charge in [-0.2, -0.15) is 13.2 Å². The van der Waals surface area contributed by atoms with Crippen LogP contribution in [0, 0.1) is 5.41 Å². The summed E-state index contributed by atoms with van der Waals surface area (Å²) in [7, 11) is 0. The van der Waals surface area contributed by atoms with Crippen LogP contribution in [0.15, 0.2) is 30.3 Å². The number of halogens is 4. The van der Waals surface area contributed by atoms with Crippen molar-refractivity contribution in [2.75, 3.05) is 32.7 Å². The number of piperazine rings is 1. The molecule has 1 aromatic carbocycles. The van der Waals surface area contributed by atoms with Crippen LogP contribution in [-0.4, -0.2) is 55.7 Å². The summed E-state index contributed by atoms with van der Waals surface area (Å²) in [6, 6.07) is 7.83. The van der Waals surface area contributed by atoms with Gasteiger partial charge in [-0.05, 0) is 12.0 Å². The quantitative estimate of drug-likeness (QED) is 0.781. The van der Waals surface area contributed by atoms with Crippen molar-refractivity contribution in [3.05, 3.63) is 35.9 Å². The fraction of sp³-hybridized carbons (Fsp3) is 0.611. The highest BCUT2D eigenvalue weighted by atomic mass is 35.5. The van der Waals surface area contributed by atoms with Crippen LogP contribution >= 0.6 is 12.4 Å². The van der Waals surface area contributed by atoms with Crippen molar-refractivity contribution in [3.8, 4) is 0 Å². The predicted molar refractivity (Wildman–Crippen MR) is 98.5 cm³/mol. The van der Waals surface area contributed by atoms with Gasteiger partial charge in [0.1, 0.15) is 6.04 Å². The number of amides is 1. The highest BCUT2D eigenvalue weighted by Gasteiger charge is 2.44. The van der Waals surface area contributed by atoms with Gasteiger partial charge in [0.2, 0.25) is 5.91 Å². The molecule has 4 nitrogen and oxygen atoms in total. The predicted octanol–water partition coefficient (Wildman–Crippen LogP) is 2.63. The number of rotatable bonds is 6. The molecule has 1 atom stereocenters. The molecule has 26 heavy (non-hydrogen) atoms. The Balaban J connectivity index is 0.00000338. The lowest BCUT2D eigenvalue weighted by Gasteiger charge is -2.36. The summed E-state index contributed by atoms with van der Waals surface area (Å²) < 4.78 is 40.2. The van der Waals surface area contributed by atoms with E-state index in [-0.39, 0.29) is 18.3 Å². The Hall–Kier alpha value is -1.31. The van der Waals surface area contributed by atoms with E-state index in [1.807, 2.05) is 30.3 Å². The van der Waals surface area contributed by atoms with Crippen molar-refractivity contribution >= 4 is 18.3 Å². The van der Waals surface area contributed by atoms with Crippen LogP contribution < -0.4 is 10.6 Å². The molecule has 1 saturated heterocycles. The van der Waals surface area contributed by atoms with Crippen LogP contribution in [0.1, 0.15) is 19.4 Å². The van der Waals surface area contributed by atoms with Gasteiger partial charge < -0.3 is 10.6 Å². The number of alkyl halides is 3. The topological polar surface area (TPSA) is 44.4 Å². The summed E-state index contributed by atoms with van der Waals surface area (Å²) in [4.78, 5) is 13.9. The number of hydrogen-bond donors (Lipinski definition) is 2. The molecule has 8 heteroatoms. The Morgan fingerprint density at radius 2 is 1.77 bits per heavy atom. The summed E-state index contributed by atoms with van der Waals surface area (Å²) in [5.41, 5.74) is 0.207. The lowest BCUT2D eigenvalue weighted by atomic mass is 9.84. The average Bonchev–Trinajstić information content (AvgIpc) is 2.55. The number of nitrogens with zero attached hydrogens (tertiary/aromatic N) is 1. The average molecular weight is 394 g/mol. The number of benzene rings is 1. The molecule has 1 fully saturated rings. The third-order valence-electron chi connectivity index (χ3n) is 4.53. The Labute approximate surface area is 158 Å². The highest BCUT2D eigenvalue weighted by molar-refractivity contribution is 5.85. The monoisotopic (exact) mass is 393 g/mol. The maximum atomic E-state index is 13.4. The summed E-state index contributed by atoms with van der Waals surface area (Å²) in [6.07, 6.45) is -3.89. The van der Waals surface area contributed by atoms with E-state index in [4.69, 9.17) is 0 Å². The largest absolute Gasteiger partial charge is 0.405 e. The zero-order valence-electron chi connectivity index (χ0n) is 15.1. The summed E-state index contributed by atoms with van der Waals surface area (Å²) in [5.74, 6) is -0.360. The van der Waals surface area contributed by atoms with Gasteiger partial charge in [-0.25, -0.2) is 0 Å². The molecule has 148 valence electrons. The van der Waals surface area contributed by atoms with Crippen molar-refractivity contribution in [2.45, 2.75) is 32.5 Å². The van der Waals surface area contributed by atoms with Gasteiger partial charge in [-0.3, -0.25) is 9.69 Å². The van der Waals surface area contributed by atoms with Crippen LogP contribution in [0.2, 0.25) is 0 Å². The summed E-state index contributed by atoms with van der Waals surface area (Å²) >= 11 is 0. The van der Waals surface area contributed by atoms with Crippen molar-refractivity contribution in [2.24, 2.45) is 5.41 Å². The normalized spacial score (nSPS) is 17.3. The van der Waals surface area contributed by atoms with Crippen molar-refractivity contribution in [1.29, 1.82) is 0 Å². The molecular formula is C18H27ClF3N3O. The third kappa shape index (κ3) is 6.45. The van der Waals surface area contributed by atoms with E-state index < -0.39 is 24.2 Å². The number of carbonyl (C=O) groups excluding carboxylic acids is 1. The Bertz CT molecular complexity index is 561. The highest BCUT2D eigenvalue weighted by Crippen LogP contribution is 2.26. The first-order valence-corrected chi connectivity index (χ1v) is 8.54. The standard InChI is InChI=1S/C18H26F3N3O.ClH/c1-17(2,12-14-6-4-3-5-7-14)16(25)23-13-15(18(19,20)21)24-10-8-22-9-11-24;/h3-7,15,22H,8-13H2,1-2H3,(H,23,25);1H. The van der Waals surface area contributed by atoms with E-state index in [1.54, 1.807) is 13.8 Å². The molecule has 0 aromatic heterocycles. The molecule has 1 aliphatic heterocycles. The first-order valence-electron chi connectivity index (χ1n) is 8.54. The van der Waals surface area contributed by atoms with Crippen molar-refractivity contribution in [3.63, 3.8) is 0 Å². The maximum Gasteiger partial charge on any atom is 0.405 e. The fourth-order valence-corrected chi connectivity index (χ4v) is 3.06. The summed E-state index contributed by atoms with van der Waals surface area (Å²) in [5, 5.41) is 5.57. The van der Waals surface area contributed by atoms with E-state index >= 15 is 0 Å². The molecule has 0 aliphatic carbocycles. The lowest BCUT2D eigenvalue weighted by Crippen LogP contribution is -2.58. The zero-order valence-corrected chi connectivity index (χ0v) is 15.9. The Morgan fingerprint density at radius 1 is 1.19 bits per heavy atom. The molecular weight excluding hydrogens is 367 g/mol. The number of carbonyl (C=O) groups is 1. The summed E-state index contributed by atoms with van der Waals surface area (Å²) in [6.45, 7) is 4.80. The molecule has 2 N–H and O–H groups in total. The molecule has 1 aromatic rings. The molecule has 1 amide bonds. The Morgan fingerprint density at radius 3 is 2.31 bits per heavy atom. The van der Waals surface area contributed by atoms with E-state index in [0.29, 0.717) is 32.6 Å². The molecule has 1 unspecified atom stereocenters. The zero-order chi connectivity index (χ0) is 18.5. The SMILES string of the molecule is CC(C)(Cc1ccccc1)C(=O)NCC(N1CCNCC1)C(F)(F)F.Cl. The van der Waals surface area contributed by atoms with Gasteiger partial charge in [0.05, 0.1) is 0 Å². The van der Waals surface area contributed by atoms with Gasteiger partial charge in [0.15, 0.2) is 0 Å². The third-order valence-corrected chi connectivity index (χ3v) is 4.53. The van der Waals surface area contributed by atoms with Crippen LogP contribution in [0.3, 0.4) is 0 Å². The van der Waals surface area contributed by atoms with E-state index in [9.17, 15) is 18.0 Å². The van der Waals surface area contributed by atoms with E-state index in [0.717, 1.165) is 5.56 Å². The minimum absolute atomic E-state index is 0. The molecule has 0 saturated carbocycles. The molecule has 1 heterocycles. The van der Waals surface area contributed by atoms with Crippen molar-refractivity contribution in [1.82, 2.24) is 15.5 Å². The molecule has 2 rings (SSSR count). The molecule has 0 spiro atoms. The van der Waals surface area contributed by atoms with Gasteiger partial charge in [-0.1, -0.05) is 44.2 Å². The maximum absolute atomic E-state index is 13.4. The molecule has 0 bridgehead atoms. The first kappa shape index (κ1) is 22.7. The van der Waals surface area contributed by atoms with Crippen LogP contribution in [0.5, 0.6) is 0 Å². The number of nitrogens with one attached hydrogen (secondary N) is 2. The number of hydrogen-bond acceptors (Lipinski definition) is 3. The minimum Gasteiger partial charge on any atom is -0.354 e. The van der Waals surface area contributed by atoms with Gasteiger partial charge in [0, 0.05) is 38.1 Å². The minimum atomic E-state index is -4.37. The van der Waals surface area contributed by atoms with E-state index in [1.165, 1.54) is 4.90 Å². The van der Waals surface area contributed by atoms with Gasteiger partial charge in [0.25, 0.3) is 0 Å². The first-order chi connectivity index (χ1) is 11.7. The second-order valence-corrected chi connectivity index (χ2v) is 7.10. The smallest absolute Gasteiger partial charge is 0.354 e.